The first-order valence-corrected chi connectivity index (χ1v) is 11.5. The number of hydrogen-bond donors (Lipinski definition) is 2. The summed E-state index contributed by atoms with van der Waals surface area (Å²) in [5.74, 6) is 0.586. The standard InChI is InChI=1S/C20H29N3O3S/c24-19(22-16-10-4-1-2-5-11-16)14-6-3-9-15-21-20-17-12-7-8-13-18(17)27(25,26)23-20/h7-8,12-13,16H,1-6,9-11,14-15H2,(H,21,23)(H,22,24). The highest BCUT2D eigenvalue weighted by atomic mass is 32.2. The molecular weight excluding hydrogens is 362 g/mol. The summed E-state index contributed by atoms with van der Waals surface area (Å²) >= 11 is 0. The van der Waals surface area contributed by atoms with Crippen LogP contribution in [0.5, 0.6) is 0 Å². The lowest BCUT2D eigenvalue weighted by Crippen LogP contribution is -2.34. The molecule has 1 aromatic rings. The van der Waals surface area contributed by atoms with Crippen LogP contribution in [0.25, 0.3) is 0 Å². The summed E-state index contributed by atoms with van der Waals surface area (Å²) in [7, 11) is -3.46. The van der Waals surface area contributed by atoms with Crippen LogP contribution >= 0.6 is 0 Å². The smallest absolute Gasteiger partial charge is 0.263 e. The van der Waals surface area contributed by atoms with E-state index in [1.807, 2.05) is 6.07 Å². The number of hydrogen-bond acceptors (Lipinski definition) is 4. The molecule has 27 heavy (non-hydrogen) atoms. The molecule has 1 amide bonds. The molecule has 1 saturated carbocycles. The van der Waals surface area contributed by atoms with Crippen LogP contribution in [0.3, 0.4) is 0 Å². The number of amides is 1. The molecule has 0 aromatic heterocycles. The van der Waals surface area contributed by atoms with Crippen LogP contribution in [-0.4, -0.2) is 32.7 Å². The molecule has 0 unspecified atom stereocenters. The molecule has 1 aromatic carbocycles. The fourth-order valence-corrected chi connectivity index (χ4v) is 4.99. The Kier molecular flexibility index (Phi) is 6.88. The minimum atomic E-state index is -3.46. The lowest BCUT2D eigenvalue weighted by molar-refractivity contribution is -0.122. The van der Waals surface area contributed by atoms with Crippen molar-refractivity contribution in [2.45, 2.75) is 75.1 Å². The number of rotatable bonds is 7. The molecule has 0 bridgehead atoms. The van der Waals surface area contributed by atoms with Gasteiger partial charge in [-0.05, 0) is 37.8 Å². The second-order valence-corrected chi connectivity index (χ2v) is 9.05. The Morgan fingerprint density at radius 3 is 2.59 bits per heavy atom. The molecule has 6 nitrogen and oxygen atoms in total. The molecule has 2 aliphatic rings. The van der Waals surface area contributed by atoms with Gasteiger partial charge in [0, 0.05) is 24.6 Å². The number of benzene rings is 1. The van der Waals surface area contributed by atoms with Gasteiger partial charge < -0.3 is 5.32 Å². The van der Waals surface area contributed by atoms with Gasteiger partial charge in [0.05, 0.1) is 4.90 Å². The van der Waals surface area contributed by atoms with Crippen molar-refractivity contribution in [3.8, 4) is 0 Å². The molecule has 1 fully saturated rings. The van der Waals surface area contributed by atoms with Crippen LogP contribution in [0, 0.1) is 0 Å². The number of amidine groups is 1. The Morgan fingerprint density at radius 2 is 1.81 bits per heavy atom. The van der Waals surface area contributed by atoms with E-state index in [1.54, 1.807) is 18.2 Å². The van der Waals surface area contributed by atoms with E-state index in [0.29, 0.717) is 35.3 Å². The molecule has 0 saturated heterocycles. The van der Waals surface area contributed by atoms with Crippen LogP contribution in [0.4, 0.5) is 0 Å². The quantitative estimate of drug-likeness (QED) is 0.553. The molecule has 0 radical (unpaired) electrons. The predicted molar refractivity (Wildman–Crippen MR) is 106 cm³/mol. The molecule has 2 N–H and O–H groups in total. The van der Waals surface area contributed by atoms with Gasteiger partial charge in [-0.2, -0.15) is 0 Å². The van der Waals surface area contributed by atoms with E-state index >= 15 is 0 Å². The SMILES string of the molecule is O=C(CCCCCN=C1NS(=O)(=O)c2ccccc21)NC1CCCCCC1. The first kappa shape index (κ1) is 19.9. The molecule has 3 rings (SSSR count). The van der Waals surface area contributed by atoms with Gasteiger partial charge in [0.15, 0.2) is 0 Å². The molecule has 148 valence electrons. The number of aliphatic imine (C=N–C) groups is 1. The fraction of sp³-hybridized carbons (Fsp3) is 0.600. The van der Waals surface area contributed by atoms with E-state index in [9.17, 15) is 13.2 Å². The van der Waals surface area contributed by atoms with Crippen LogP contribution in [-0.2, 0) is 14.8 Å². The molecule has 1 aliphatic carbocycles. The van der Waals surface area contributed by atoms with E-state index < -0.39 is 10.0 Å². The number of sulfonamides is 1. The maximum Gasteiger partial charge on any atom is 0.263 e. The van der Waals surface area contributed by atoms with Gasteiger partial charge in [-0.25, -0.2) is 8.42 Å². The zero-order valence-electron chi connectivity index (χ0n) is 15.7. The van der Waals surface area contributed by atoms with Crippen LogP contribution in [0.1, 0.15) is 69.8 Å². The summed E-state index contributed by atoms with van der Waals surface area (Å²) in [4.78, 5) is 16.8. The molecule has 1 heterocycles. The highest BCUT2D eigenvalue weighted by molar-refractivity contribution is 7.90. The zero-order valence-corrected chi connectivity index (χ0v) is 16.6. The van der Waals surface area contributed by atoms with Crippen LogP contribution < -0.4 is 10.0 Å². The third kappa shape index (κ3) is 5.54. The molecule has 0 spiro atoms. The van der Waals surface area contributed by atoms with Gasteiger partial charge in [-0.3, -0.25) is 14.5 Å². The number of nitrogens with zero attached hydrogens (tertiary/aromatic N) is 1. The fourth-order valence-electron chi connectivity index (χ4n) is 3.74. The van der Waals surface area contributed by atoms with Crippen LogP contribution in [0.2, 0.25) is 0 Å². The third-order valence-electron chi connectivity index (χ3n) is 5.21. The summed E-state index contributed by atoms with van der Waals surface area (Å²) < 4.78 is 26.6. The topological polar surface area (TPSA) is 87.6 Å². The molecule has 0 atom stereocenters. The first-order valence-electron chi connectivity index (χ1n) is 10.0. The van der Waals surface area contributed by atoms with Gasteiger partial charge in [0.2, 0.25) is 5.91 Å². The number of nitrogens with one attached hydrogen (secondary N) is 2. The van der Waals surface area contributed by atoms with Crippen molar-refractivity contribution < 1.29 is 13.2 Å². The highest BCUT2D eigenvalue weighted by Crippen LogP contribution is 2.22. The van der Waals surface area contributed by atoms with E-state index in [1.165, 1.54) is 25.7 Å². The Labute approximate surface area is 161 Å². The Bertz CT molecular complexity index is 781. The molecular formula is C20H29N3O3S. The summed E-state index contributed by atoms with van der Waals surface area (Å²) in [5, 5.41) is 3.17. The van der Waals surface area contributed by atoms with Gasteiger partial charge >= 0.3 is 0 Å². The average molecular weight is 392 g/mol. The Hall–Kier alpha value is -1.89. The van der Waals surface area contributed by atoms with Crippen molar-refractivity contribution in [2.75, 3.05) is 6.54 Å². The summed E-state index contributed by atoms with van der Waals surface area (Å²) in [6.07, 6.45) is 10.4. The third-order valence-corrected chi connectivity index (χ3v) is 6.61. The van der Waals surface area contributed by atoms with Crippen LogP contribution in [0.15, 0.2) is 34.2 Å². The number of unbranched alkanes of at least 4 members (excludes halogenated alkanes) is 2. The lowest BCUT2D eigenvalue weighted by Gasteiger charge is -2.16. The second kappa shape index (κ2) is 9.35. The summed E-state index contributed by atoms with van der Waals surface area (Å²) in [6, 6.07) is 7.24. The summed E-state index contributed by atoms with van der Waals surface area (Å²) in [6.45, 7) is 0.552. The first-order chi connectivity index (χ1) is 13.1. The normalized spacial score (nSPS) is 20.7. The largest absolute Gasteiger partial charge is 0.353 e. The highest BCUT2D eigenvalue weighted by Gasteiger charge is 2.29. The maximum atomic E-state index is 12.1. The minimum absolute atomic E-state index is 0.158. The maximum absolute atomic E-state index is 12.1. The monoisotopic (exact) mass is 391 g/mol. The average Bonchev–Trinajstić information content (AvgIpc) is 2.81. The van der Waals surface area contributed by atoms with Gasteiger partial charge in [0.1, 0.15) is 5.84 Å². The van der Waals surface area contributed by atoms with E-state index in [-0.39, 0.29) is 5.91 Å². The second-order valence-electron chi connectivity index (χ2n) is 7.40. The molecule has 1 aliphatic heterocycles. The predicted octanol–water partition coefficient (Wildman–Crippen LogP) is 3.12. The van der Waals surface area contributed by atoms with Crippen molar-refractivity contribution in [1.29, 1.82) is 0 Å². The van der Waals surface area contributed by atoms with Gasteiger partial charge in [0.25, 0.3) is 10.0 Å². The van der Waals surface area contributed by atoms with Gasteiger partial charge in [-0.15, -0.1) is 0 Å². The molecule has 7 heteroatoms. The van der Waals surface area contributed by atoms with Crippen molar-refractivity contribution >= 4 is 21.8 Å². The van der Waals surface area contributed by atoms with E-state index in [0.717, 1.165) is 32.1 Å². The van der Waals surface area contributed by atoms with Crippen molar-refractivity contribution in [3.05, 3.63) is 29.8 Å². The van der Waals surface area contributed by atoms with Gasteiger partial charge in [-0.1, -0.05) is 44.2 Å². The Morgan fingerprint density at radius 1 is 1.07 bits per heavy atom. The number of fused-ring (bicyclic) bond motifs is 1. The number of carbonyl (C=O) groups is 1. The van der Waals surface area contributed by atoms with Crippen molar-refractivity contribution in [1.82, 2.24) is 10.0 Å². The zero-order chi connectivity index (χ0) is 19.1. The minimum Gasteiger partial charge on any atom is -0.353 e. The van der Waals surface area contributed by atoms with E-state index in [4.69, 9.17) is 0 Å². The number of carbonyl (C=O) groups excluding carboxylic acids is 1. The van der Waals surface area contributed by atoms with Crippen molar-refractivity contribution in [3.63, 3.8) is 0 Å². The Balaban J connectivity index is 1.36. The van der Waals surface area contributed by atoms with E-state index in [2.05, 4.69) is 15.0 Å². The lowest BCUT2D eigenvalue weighted by atomic mass is 10.1. The van der Waals surface area contributed by atoms with Crippen molar-refractivity contribution in [2.24, 2.45) is 4.99 Å². The summed E-state index contributed by atoms with van der Waals surface area (Å²) in [5.41, 5.74) is 0.639.